The molecule has 0 aliphatic rings. The smallest absolute Gasteiger partial charge is 0.0736 e. The Kier molecular flexibility index (Phi) is 5.62. The second-order valence-corrected chi connectivity index (χ2v) is 5.60. The minimum atomic E-state index is 0.648. The number of aryl methyl sites for hydroxylation is 1. The summed E-state index contributed by atoms with van der Waals surface area (Å²) < 4.78 is 6.65. The van der Waals surface area contributed by atoms with Gasteiger partial charge in [-0.25, -0.2) is 0 Å². The third-order valence-electron chi connectivity index (χ3n) is 3.16. The van der Waals surface area contributed by atoms with Gasteiger partial charge in [0.1, 0.15) is 0 Å². The summed E-state index contributed by atoms with van der Waals surface area (Å²) in [6, 6.07) is 14.7. The Balaban J connectivity index is 2.06. The average Bonchev–Trinajstić information content (AvgIpc) is 2.45. The van der Waals surface area contributed by atoms with Crippen molar-refractivity contribution in [3.63, 3.8) is 0 Å². The number of hydrogen-bond acceptors (Lipinski definition) is 2. The zero-order valence-corrected chi connectivity index (χ0v) is 13.5. The summed E-state index contributed by atoms with van der Waals surface area (Å²) in [6.07, 6.45) is 0. The first-order valence-electron chi connectivity index (χ1n) is 6.85. The molecule has 20 heavy (non-hydrogen) atoms. The maximum absolute atomic E-state index is 5.50. The Morgan fingerprint density at radius 1 is 1.10 bits per heavy atom. The van der Waals surface area contributed by atoms with Crippen molar-refractivity contribution in [2.24, 2.45) is 0 Å². The van der Waals surface area contributed by atoms with E-state index in [1.165, 1.54) is 16.7 Å². The number of nitrogens with one attached hydrogen (secondary N) is 1. The Morgan fingerprint density at radius 2 is 1.90 bits per heavy atom. The van der Waals surface area contributed by atoms with Gasteiger partial charge < -0.3 is 10.1 Å². The van der Waals surface area contributed by atoms with Crippen LogP contribution in [0.25, 0.3) is 0 Å². The Bertz CT molecular complexity index is 569. The Morgan fingerprint density at radius 3 is 2.65 bits per heavy atom. The van der Waals surface area contributed by atoms with Gasteiger partial charge in [0.15, 0.2) is 0 Å². The summed E-state index contributed by atoms with van der Waals surface area (Å²) in [5, 5.41) is 3.49. The van der Waals surface area contributed by atoms with Crippen molar-refractivity contribution in [3.8, 4) is 0 Å². The molecule has 0 radical (unpaired) electrons. The van der Waals surface area contributed by atoms with Crippen molar-refractivity contribution >= 4 is 21.6 Å². The first-order chi connectivity index (χ1) is 9.70. The molecule has 0 aromatic heterocycles. The number of benzene rings is 2. The minimum Gasteiger partial charge on any atom is -0.381 e. The fourth-order valence-electron chi connectivity index (χ4n) is 2.02. The summed E-state index contributed by atoms with van der Waals surface area (Å²) in [6.45, 7) is 6.29. The van der Waals surface area contributed by atoms with Crippen molar-refractivity contribution in [2.75, 3.05) is 11.9 Å². The number of para-hydroxylation sites is 1. The van der Waals surface area contributed by atoms with Crippen LogP contribution in [-0.4, -0.2) is 6.61 Å². The fraction of sp³-hybridized carbons (Fsp3) is 0.294. The Labute approximate surface area is 129 Å². The summed E-state index contributed by atoms with van der Waals surface area (Å²) in [4.78, 5) is 0. The maximum Gasteiger partial charge on any atom is 0.0736 e. The molecule has 0 amide bonds. The van der Waals surface area contributed by atoms with Gasteiger partial charge >= 0.3 is 0 Å². The molecule has 2 nitrogen and oxygen atoms in total. The summed E-state index contributed by atoms with van der Waals surface area (Å²) >= 11 is 3.62. The molecule has 0 spiro atoms. The monoisotopic (exact) mass is 333 g/mol. The molecule has 0 saturated carbocycles. The molecule has 0 fully saturated rings. The van der Waals surface area contributed by atoms with Crippen LogP contribution in [-0.2, 0) is 17.9 Å². The van der Waals surface area contributed by atoms with Gasteiger partial charge in [-0.15, -0.1) is 0 Å². The van der Waals surface area contributed by atoms with Crippen molar-refractivity contribution < 1.29 is 4.74 Å². The van der Waals surface area contributed by atoms with Crippen LogP contribution in [0, 0.1) is 6.92 Å². The van der Waals surface area contributed by atoms with Crippen molar-refractivity contribution in [1.29, 1.82) is 0 Å². The molecule has 2 aromatic rings. The van der Waals surface area contributed by atoms with Crippen LogP contribution in [0.3, 0.4) is 0 Å². The maximum atomic E-state index is 5.50. The van der Waals surface area contributed by atoms with E-state index in [9.17, 15) is 0 Å². The van der Waals surface area contributed by atoms with E-state index in [1.807, 2.05) is 19.1 Å². The molecular weight excluding hydrogens is 314 g/mol. The number of hydrogen-bond donors (Lipinski definition) is 1. The highest BCUT2D eigenvalue weighted by Gasteiger charge is 2.03. The van der Waals surface area contributed by atoms with Gasteiger partial charge in [0.25, 0.3) is 0 Å². The van der Waals surface area contributed by atoms with E-state index >= 15 is 0 Å². The number of ether oxygens (including phenoxy) is 1. The summed E-state index contributed by atoms with van der Waals surface area (Å²) in [5.74, 6) is 0. The highest BCUT2D eigenvalue weighted by Crippen LogP contribution is 2.21. The minimum absolute atomic E-state index is 0.648. The number of rotatable bonds is 6. The zero-order valence-electron chi connectivity index (χ0n) is 11.9. The molecule has 0 unspecified atom stereocenters. The van der Waals surface area contributed by atoms with Crippen LogP contribution in [0.5, 0.6) is 0 Å². The molecule has 2 aromatic carbocycles. The molecule has 0 aliphatic heterocycles. The number of anilines is 1. The van der Waals surface area contributed by atoms with Crippen LogP contribution < -0.4 is 5.32 Å². The molecular formula is C17H20BrNO. The second-order valence-electron chi connectivity index (χ2n) is 4.74. The third-order valence-corrected chi connectivity index (χ3v) is 3.90. The molecule has 0 bridgehead atoms. The summed E-state index contributed by atoms with van der Waals surface area (Å²) in [7, 11) is 0. The van der Waals surface area contributed by atoms with Gasteiger partial charge in [0.05, 0.1) is 6.61 Å². The van der Waals surface area contributed by atoms with E-state index in [0.29, 0.717) is 6.61 Å². The lowest BCUT2D eigenvalue weighted by molar-refractivity contribution is 0.134. The lowest BCUT2D eigenvalue weighted by atomic mass is 10.1. The average molecular weight is 334 g/mol. The van der Waals surface area contributed by atoms with E-state index in [2.05, 4.69) is 58.5 Å². The van der Waals surface area contributed by atoms with E-state index in [0.717, 1.165) is 23.3 Å². The molecule has 0 aliphatic carbocycles. The van der Waals surface area contributed by atoms with Crippen LogP contribution in [0.1, 0.15) is 23.6 Å². The molecule has 2 rings (SSSR count). The van der Waals surface area contributed by atoms with Gasteiger partial charge in [-0.2, -0.15) is 0 Å². The Hall–Kier alpha value is -1.32. The van der Waals surface area contributed by atoms with Crippen LogP contribution in [0.2, 0.25) is 0 Å². The van der Waals surface area contributed by atoms with Gasteiger partial charge in [-0.3, -0.25) is 0 Å². The predicted octanol–water partition coefficient (Wildman–Crippen LogP) is 4.91. The van der Waals surface area contributed by atoms with Crippen LogP contribution >= 0.6 is 15.9 Å². The topological polar surface area (TPSA) is 21.3 Å². The highest BCUT2D eigenvalue weighted by atomic mass is 79.9. The molecule has 106 valence electrons. The van der Waals surface area contributed by atoms with Gasteiger partial charge in [-0.1, -0.05) is 46.3 Å². The van der Waals surface area contributed by atoms with Crippen molar-refractivity contribution in [2.45, 2.75) is 27.0 Å². The van der Waals surface area contributed by atoms with E-state index in [-0.39, 0.29) is 0 Å². The van der Waals surface area contributed by atoms with Crippen molar-refractivity contribution in [3.05, 3.63) is 63.6 Å². The third kappa shape index (κ3) is 4.09. The van der Waals surface area contributed by atoms with E-state index < -0.39 is 0 Å². The van der Waals surface area contributed by atoms with Crippen LogP contribution in [0.15, 0.2) is 46.9 Å². The molecule has 0 atom stereocenters. The first-order valence-corrected chi connectivity index (χ1v) is 7.64. The lowest BCUT2D eigenvalue weighted by Crippen LogP contribution is -2.04. The highest BCUT2D eigenvalue weighted by molar-refractivity contribution is 9.10. The van der Waals surface area contributed by atoms with E-state index in [1.54, 1.807) is 0 Å². The predicted molar refractivity (Wildman–Crippen MR) is 88.0 cm³/mol. The normalized spacial score (nSPS) is 10.6. The molecule has 0 saturated heterocycles. The van der Waals surface area contributed by atoms with Gasteiger partial charge in [-0.05, 0) is 37.1 Å². The molecule has 0 heterocycles. The SMILES string of the molecule is CCOCc1ccccc1NCc1ccc(C)cc1Br. The standard InChI is InChI=1S/C17H20BrNO/c1-3-20-12-15-6-4-5-7-17(15)19-11-14-9-8-13(2)10-16(14)18/h4-10,19H,3,11-12H2,1-2H3. The zero-order chi connectivity index (χ0) is 14.4. The molecule has 3 heteroatoms. The van der Waals surface area contributed by atoms with Crippen molar-refractivity contribution in [1.82, 2.24) is 0 Å². The van der Waals surface area contributed by atoms with Gasteiger partial charge in [0, 0.05) is 28.9 Å². The summed E-state index contributed by atoms with van der Waals surface area (Å²) in [5.41, 5.74) is 4.84. The van der Waals surface area contributed by atoms with Gasteiger partial charge in [0.2, 0.25) is 0 Å². The van der Waals surface area contributed by atoms with Crippen LogP contribution in [0.4, 0.5) is 5.69 Å². The second kappa shape index (κ2) is 7.46. The molecule has 1 N–H and O–H groups in total. The fourth-order valence-corrected chi connectivity index (χ4v) is 2.65. The largest absolute Gasteiger partial charge is 0.381 e. The number of halogens is 1. The quantitative estimate of drug-likeness (QED) is 0.811. The first kappa shape index (κ1) is 15.1. The lowest BCUT2D eigenvalue weighted by Gasteiger charge is -2.13. The van der Waals surface area contributed by atoms with E-state index in [4.69, 9.17) is 4.74 Å².